The first-order chi connectivity index (χ1) is 12.0. The Bertz CT molecular complexity index is 773. The Morgan fingerprint density at radius 1 is 1.12 bits per heavy atom. The van der Waals surface area contributed by atoms with Crippen LogP contribution in [0.5, 0.6) is 5.75 Å². The van der Waals surface area contributed by atoms with E-state index in [4.69, 9.17) is 27.9 Å². The molecule has 1 saturated heterocycles. The number of hydrogen-bond acceptors (Lipinski definition) is 3. The molecule has 0 aliphatic carbocycles. The smallest absolute Gasteiger partial charge is 0.262 e. The molecule has 1 aliphatic heterocycles. The second-order valence-corrected chi connectivity index (χ2v) is 6.51. The van der Waals surface area contributed by atoms with Crippen molar-refractivity contribution in [2.75, 3.05) is 23.4 Å². The lowest BCUT2D eigenvalue weighted by molar-refractivity contribution is -0.118. The van der Waals surface area contributed by atoms with Gasteiger partial charge < -0.3 is 15.0 Å². The largest absolute Gasteiger partial charge is 0.484 e. The summed E-state index contributed by atoms with van der Waals surface area (Å²) in [6, 6.07) is 11.9. The minimum atomic E-state index is -0.305. The highest BCUT2D eigenvalue weighted by atomic mass is 35.5. The summed E-state index contributed by atoms with van der Waals surface area (Å²) in [6.07, 6.45) is 1.46. The number of amides is 2. The van der Waals surface area contributed by atoms with Gasteiger partial charge in [0.2, 0.25) is 5.91 Å². The average molecular weight is 379 g/mol. The summed E-state index contributed by atoms with van der Waals surface area (Å²) >= 11 is 11.8. The summed E-state index contributed by atoms with van der Waals surface area (Å²) < 4.78 is 5.39. The predicted molar refractivity (Wildman–Crippen MR) is 98.6 cm³/mol. The summed E-state index contributed by atoms with van der Waals surface area (Å²) in [4.78, 5) is 25.5. The molecule has 130 valence electrons. The van der Waals surface area contributed by atoms with E-state index in [1.807, 2.05) is 12.1 Å². The fourth-order valence-electron chi connectivity index (χ4n) is 2.60. The van der Waals surface area contributed by atoms with Crippen molar-refractivity contribution in [3.05, 3.63) is 52.5 Å². The van der Waals surface area contributed by atoms with E-state index in [2.05, 4.69) is 5.32 Å². The number of hydrogen-bond donors (Lipinski definition) is 1. The number of anilines is 2. The van der Waals surface area contributed by atoms with Crippen LogP contribution in [0.4, 0.5) is 11.4 Å². The van der Waals surface area contributed by atoms with Crippen LogP contribution in [0.15, 0.2) is 42.5 Å². The van der Waals surface area contributed by atoms with Gasteiger partial charge in [0.15, 0.2) is 6.61 Å². The maximum atomic E-state index is 12.0. The lowest BCUT2D eigenvalue weighted by atomic mass is 10.2. The Hall–Kier alpha value is -2.24. The zero-order valence-electron chi connectivity index (χ0n) is 13.3. The molecule has 0 radical (unpaired) electrons. The second kappa shape index (κ2) is 7.76. The number of halogens is 2. The van der Waals surface area contributed by atoms with E-state index in [1.54, 1.807) is 35.2 Å². The van der Waals surface area contributed by atoms with Crippen molar-refractivity contribution in [2.24, 2.45) is 0 Å². The molecular formula is C18H16Cl2N2O3. The Balaban J connectivity index is 1.55. The SMILES string of the molecule is O=C(COc1cc(Cl)cc(Cl)c1)Nc1ccc(N2CCCC2=O)cc1. The van der Waals surface area contributed by atoms with Gasteiger partial charge in [-0.1, -0.05) is 23.2 Å². The topological polar surface area (TPSA) is 58.6 Å². The van der Waals surface area contributed by atoms with E-state index in [9.17, 15) is 9.59 Å². The van der Waals surface area contributed by atoms with Gasteiger partial charge in [-0.15, -0.1) is 0 Å². The maximum Gasteiger partial charge on any atom is 0.262 e. The minimum absolute atomic E-state index is 0.130. The summed E-state index contributed by atoms with van der Waals surface area (Å²) in [5.41, 5.74) is 1.47. The highest BCUT2D eigenvalue weighted by molar-refractivity contribution is 6.34. The predicted octanol–water partition coefficient (Wildman–Crippen LogP) is 4.14. The van der Waals surface area contributed by atoms with Crippen molar-refractivity contribution in [1.82, 2.24) is 0 Å². The minimum Gasteiger partial charge on any atom is -0.484 e. The van der Waals surface area contributed by atoms with E-state index < -0.39 is 0 Å². The monoisotopic (exact) mass is 378 g/mol. The molecule has 25 heavy (non-hydrogen) atoms. The molecule has 0 saturated carbocycles. The standard InChI is InChI=1S/C18H16Cl2N2O3/c19-12-8-13(20)10-16(9-12)25-11-17(23)21-14-3-5-15(6-4-14)22-7-1-2-18(22)24/h3-6,8-10H,1-2,7,11H2,(H,21,23). The molecule has 0 unspecified atom stereocenters. The van der Waals surface area contributed by atoms with Gasteiger partial charge in [-0.25, -0.2) is 0 Å². The van der Waals surface area contributed by atoms with Crippen molar-refractivity contribution in [2.45, 2.75) is 12.8 Å². The van der Waals surface area contributed by atoms with Crippen LogP contribution in [-0.2, 0) is 9.59 Å². The molecule has 2 aromatic rings. The number of carbonyl (C=O) groups excluding carboxylic acids is 2. The molecule has 0 bridgehead atoms. The lowest BCUT2D eigenvalue weighted by Crippen LogP contribution is -2.23. The zero-order valence-corrected chi connectivity index (χ0v) is 14.8. The van der Waals surface area contributed by atoms with Gasteiger partial charge in [-0.3, -0.25) is 9.59 Å². The third kappa shape index (κ3) is 4.65. The quantitative estimate of drug-likeness (QED) is 0.850. The first-order valence-corrected chi connectivity index (χ1v) is 8.56. The number of ether oxygens (including phenoxy) is 1. The van der Waals surface area contributed by atoms with E-state index in [0.29, 0.717) is 27.9 Å². The van der Waals surface area contributed by atoms with Gasteiger partial charge in [0, 0.05) is 34.4 Å². The van der Waals surface area contributed by atoms with Crippen LogP contribution in [-0.4, -0.2) is 25.0 Å². The Labute approximate surface area is 155 Å². The van der Waals surface area contributed by atoms with Gasteiger partial charge in [0.25, 0.3) is 5.91 Å². The van der Waals surface area contributed by atoms with Crippen molar-refractivity contribution in [1.29, 1.82) is 0 Å². The van der Waals surface area contributed by atoms with Crippen molar-refractivity contribution in [3.63, 3.8) is 0 Å². The number of rotatable bonds is 5. The molecule has 0 spiro atoms. The number of benzene rings is 2. The lowest BCUT2D eigenvalue weighted by Gasteiger charge is -2.16. The van der Waals surface area contributed by atoms with Crippen LogP contribution < -0.4 is 15.0 Å². The normalized spacial score (nSPS) is 13.8. The molecule has 0 atom stereocenters. The van der Waals surface area contributed by atoms with Crippen LogP contribution in [0.3, 0.4) is 0 Å². The highest BCUT2D eigenvalue weighted by Crippen LogP contribution is 2.25. The van der Waals surface area contributed by atoms with Crippen molar-refractivity contribution in [3.8, 4) is 5.75 Å². The third-order valence-corrected chi connectivity index (χ3v) is 4.18. The van der Waals surface area contributed by atoms with Gasteiger partial charge in [-0.2, -0.15) is 0 Å². The van der Waals surface area contributed by atoms with Gasteiger partial charge in [-0.05, 0) is 48.9 Å². The zero-order chi connectivity index (χ0) is 17.8. The number of nitrogens with zero attached hydrogens (tertiary/aromatic N) is 1. The van der Waals surface area contributed by atoms with E-state index in [0.717, 1.165) is 18.7 Å². The summed E-state index contributed by atoms with van der Waals surface area (Å²) in [5, 5.41) is 3.62. The molecule has 1 fully saturated rings. The Morgan fingerprint density at radius 2 is 1.80 bits per heavy atom. The summed E-state index contributed by atoms with van der Waals surface area (Å²) in [6.45, 7) is 0.573. The van der Waals surface area contributed by atoms with Crippen molar-refractivity contribution >= 4 is 46.4 Å². The third-order valence-electron chi connectivity index (χ3n) is 3.74. The molecule has 2 aromatic carbocycles. The summed E-state index contributed by atoms with van der Waals surface area (Å²) in [7, 11) is 0. The molecule has 1 N–H and O–H groups in total. The molecule has 2 amide bonds. The van der Waals surface area contributed by atoms with Gasteiger partial charge >= 0.3 is 0 Å². The molecule has 1 heterocycles. The molecule has 5 nitrogen and oxygen atoms in total. The van der Waals surface area contributed by atoms with Crippen LogP contribution in [0.2, 0.25) is 10.0 Å². The number of nitrogens with one attached hydrogen (secondary N) is 1. The van der Waals surface area contributed by atoms with Gasteiger partial charge in [0.1, 0.15) is 5.75 Å². The number of carbonyl (C=O) groups is 2. The summed E-state index contributed by atoms with van der Waals surface area (Å²) in [5.74, 6) is 0.252. The van der Waals surface area contributed by atoms with E-state index in [-0.39, 0.29) is 18.4 Å². The highest BCUT2D eigenvalue weighted by Gasteiger charge is 2.21. The molecule has 1 aliphatic rings. The fraction of sp³-hybridized carbons (Fsp3) is 0.222. The average Bonchev–Trinajstić information content (AvgIpc) is 2.99. The second-order valence-electron chi connectivity index (χ2n) is 5.64. The van der Waals surface area contributed by atoms with Crippen LogP contribution >= 0.6 is 23.2 Å². The molecular weight excluding hydrogens is 363 g/mol. The maximum absolute atomic E-state index is 12.0. The Kier molecular flexibility index (Phi) is 5.46. The molecule has 0 aromatic heterocycles. The van der Waals surface area contributed by atoms with E-state index in [1.165, 1.54) is 0 Å². The fourth-order valence-corrected chi connectivity index (χ4v) is 3.11. The van der Waals surface area contributed by atoms with Crippen LogP contribution in [0, 0.1) is 0 Å². The molecule has 7 heteroatoms. The van der Waals surface area contributed by atoms with Crippen molar-refractivity contribution < 1.29 is 14.3 Å². The van der Waals surface area contributed by atoms with Crippen LogP contribution in [0.25, 0.3) is 0 Å². The van der Waals surface area contributed by atoms with E-state index >= 15 is 0 Å². The van der Waals surface area contributed by atoms with Gasteiger partial charge in [0.05, 0.1) is 0 Å². The molecule has 3 rings (SSSR count). The first-order valence-electron chi connectivity index (χ1n) is 7.80. The van der Waals surface area contributed by atoms with Crippen LogP contribution in [0.1, 0.15) is 12.8 Å². The first kappa shape index (κ1) is 17.6. The Morgan fingerprint density at radius 3 is 2.40 bits per heavy atom.